The maximum Gasteiger partial charge on any atom is 0.0518 e. The maximum atomic E-state index is 4.15. The van der Waals surface area contributed by atoms with E-state index in [1.54, 1.807) is 0 Å². The summed E-state index contributed by atoms with van der Waals surface area (Å²) in [5.41, 5.74) is 1.26. The van der Waals surface area contributed by atoms with E-state index in [1.807, 2.05) is 17.9 Å². The van der Waals surface area contributed by atoms with Gasteiger partial charge < -0.3 is 5.32 Å². The zero-order valence-electron chi connectivity index (χ0n) is 8.57. The highest BCUT2D eigenvalue weighted by molar-refractivity contribution is 7.99. The van der Waals surface area contributed by atoms with Crippen molar-refractivity contribution in [1.82, 2.24) is 15.1 Å². The number of nitrogens with one attached hydrogen (secondary N) is 1. The fraction of sp³-hybridized carbons (Fsp3) is 0.700. The lowest BCUT2D eigenvalue weighted by Gasteiger charge is -2.22. The molecule has 1 saturated heterocycles. The molecule has 4 heteroatoms. The molecule has 2 heterocycles. The van der Waals surface area contributed by atoms with Crippen molar-refractivity contribution in [3.05, 3.63) is 18.0 Å². The van der Waals surface area contributed by atoms with Gasteiger partial charge in [-0.15, -0.1) is 0 Å². The van der Waals surface area contributed by atoms with Crippen molar-refractivity contribution < 1.29 is 0 Å². The van der Waals surface area contributed by atoms with E-state index in [0.29, 0.717) is 6.04 Å². The van der Waals surface area contributed by atoms with E-state index >= 15 is 0 Å². The van der Waals surface area contributed by atoms with Crippen LogP contribution in [0.3, 0.4) is 0 Å². The highest BCUT2D eigenvalue weighted by Gasteiger charge is 2.13. The molecule has 0 saturated carbocycles. The first kappa shape index (κ1) is 10.1. The van der Waals surface area contributed by atoms with E-state index in [4.69, 9.17) is 0 Å². The molecule has 2 rings (SSSR count). The second-order valence-corrected chi connectivity index (χ2v) is 4.89. The molecule has 0 aliphatic carbocycles. The van der Waals surface area contributed by atoms with Gasteiger partial charge in [0.15, 0.2) is 0 Å². The highest BCUT2D eigenvalue weighted by atomic mass is 32.2. The van der Waals surface area contributed by atoms with Crippen LogP contribution in [0, 0.1) is 0 Å². The van der Waals surface area contributed by atoms with Crippen LogP contribution in [-0.2, 0) is 13.6 Å². The normalized spacial score (nSPS) is 22.5. The average Bonchev–Trinajstić information content (AvgIpc) is 2.63. The van der Waals surface area contributed by atoms with Gasteiger partial charge in [0.05, 0.1) is 5.69 Å². The molecule has 0 aromatic carbocycles. The molecule has 0 radical (unpaired) electrons. The zero-order chi connectivity index (χ0) is 9.80. The average molecular weight is 211 g/mol. The van der Waals surface area contributed by atoms with Crippen LogP contribution in [0.4, 0.5) is 0 Å². The summed E-state index contributed by atoms with van der Waals surface area (Å²) in [7, 11) is 1.99. The Morgan fingerprint density at radius 1 is 1.71 bits per heavy atom. The second kappa shape index (κ2) is 4.84. The SMILES string of the molecule is Cn1nccc1CNC1CCCSC1. The minimum atomic E-state index is 0.698. The second-order valence-electron chi connectivity index (χ2n) is 3.74. The summed E-state index contributed by atoms with van der Waals surface area (Å²) in [6.07, 6.45) is 4.53. The van der Waals surface area contributed by atoms with Crippen LogP contribution in [0.2, 0.25) is 0 Å². The van der Waals surface area contributed by atoms with Crippen molar-refractivity contribution in [3.63, 3.8) is 0 Å². The van der Waals surface area contributed by atoms with E-state index in [2.05, 4.69) is 28.2 Å². The molecule has 1 N–H and O–H groups in total. The summed E-state index contributed by atoms with van der Waals surface area (Å²) in [4.78, 5) is 0. The van der Waals surface area contributed by atoms with E-state index in [0.717, 1.165) is 6.54 Å². The standard InChI is InChI=1S/C10H17N3S/c1-13-10(4-5-12-13)7-11-9-3-2-6-14-8-9/h4-5,9,11H,2-3,6-8H2,1H3. The summed E-state index contributed by atoms with van der Waals surface area (Å²) < 4.78 is 1.93. The van der Waals surface area contributed by atoms with Crippen LogP contribution in [0.5, 0.6) is 0 Å². The van der Waals surface area contributed by atoms with Crippen LogP contribution in [-0.4, -0.2) is 27.3 Å². The quantitative estimate of drug-likeness (QED) is 0.820. The van der Waals surface area contributed by atoms with Crippen molar-refractivity contribution in [1.29, 1.82) is 0 Å². The molecular formula is C10H17N3S. The first-order chi connectivity index (χ1) is 6.86. The number of nitrogens with zero attached hydrogens (tertiary/aromatic N) is 2. The van der Waals surface area contributed by atoms with Gasteiger partial charge in [0.1, 0.15) is 0 Å². The monoisotopic (exact) mass is 211 g/mol. The summed E-state index contributed by atoms with van der Waals surface area (Å²) in [6.45, 7) is 0.946. The third-order valence-corrected chi connectivity index (χ3v) is 3.87. The lowest BCUT2D eigenvalue weighted by Crippen LogP contribution is -2.33. The Morgan fingerprint density at radius 3 is 3.29 bits per heavy atom. The van der Waals surface area contributed by atoms with Gasteiger partial charge in [0.25, 0.3) is 0 Å². The summed E-state index contributed by atoms with van der Waals surface area (Å²) >= 11 is 2.06. The number of aromatic nitrogens is 2. The van der Waals surface area contributed by atoms with Crippen molar-refractivity contribution in [2.24, 2.45) is 7.05 Å². The molecule has 1 fully saturated rings. The Labute approximate surface area is 89.3 Å². The predicted molar refractivity (Wildman–Crippen MR) is 60.4 cm³/mol. The summed E-state index contributed by atoms with van der Waals surface area (Å²) in [5, 5.41) is 7.73. The smallest absolute Gasteiger partial charge is 0.0518 e. The number of hydrogen-bond acceptors (Lipinski definition) is 3. The van der Waals surface area contributed by atoms with E-state index in [1.165, 1.54) is 30.0 Å². The van der Waals surface area contributed by atoms with Gasteiger partial charge in [0, 0.05) is 31.6 Å². The van der Waals surface area contributed by atoms with Crippen molar-refractivity contribution in [3.8, 4) is 0 Å². The van der Waals surface area contributed by atoms with Crippen molar-refractivity contribution in [2.75, 3.05) is 11.5 Å². The van der Waals surface area contributed by atoms with Crippen molar-refractivity contribution in [2.45, 2.75) is 25.4 Å². The molecule has 1 unspecified atom stereocenters. The molecule has 3 nitrogen and oxygen atoms in total. The molecule has 1 aliphatic rings. The summed E-state index contributed by atoms with van der Waals surface area (Å²) in [5.74, 6) is 2.60. The zero-order valence-corrected chi connectivity index (χ0v) is 9.39. The van der Waals surface area contributed by atoms with Gasteiger partial charge in [-0.05, 0) is 24.7 Å². The van der Waals surface area contributed by atoms with Crippen molar-refractivity contribution >= 4 is 11.8 Å². The van der Waals surface area contributed by atoms with Gasteiger partial charge in [-0.1, -0.05) is 0 Å². The Morgan fingerprint density at radius 2 is 2.64 bits per heavy atom. The molecule has 1 aromatic rings. The fourth-order valence-corrected chi connectivity index (χ4v) is 2.83. The predicted octanol–water partition coefficient (Wildman–Crippen LogP) is 1.41. The van der Waals surface area contributed by atoms with Crippen LogP contribution in [0.25, 0.3) is 0 Å². The number of hydrogen-bond donors (Lipinski definition) is 1. The van der Waals surface area contributed by atoms with Crippen LogP contribution in [0.15, 0.2) is 12.3 Å². The topological polar surface area (TPSA) is 29.9 Å². The van der Waals surface area contributed by atoms with Gasteiger partial charge in [-0.25, -0.2) is 0 Å². The number of aryl methyl sites for hydroxylation is 1. The van der Waals surface area contributed by atoms with Crippen LogP contribution in [0.1, 0.15) is 18.5 Å². The first-order valence-corrected chi connectivity index (χ1v) is 6.30. The maximum absolute atomic E-state index is 4.15. The molecule has 0 amide bonds. The Hall–Kier alpha value is -0.480. The molecular weight excluding hydrogens is 194 g/mol. The third-order valence-electron chi connectivity index (χ3n) is 2.65. The molecule has 14 heavy (non-hydrogen) atoms. The lowest BCUT2D eigenvalue weighted by atomic mass is 10.2. The van der Waals surface area contributed by atoms with Crippen LogP contribution >= 0.6 is 11.8 Å². The highest BCUT2D eigenvalue weighted by Crippen LogP contribution is 2.17. The van der Waals surface area contributed by atoms with Gasteiger partial charge in [-0.2, -0.15) is 16.9 Å². The van der Waals surface area contributed by atoms with Gasteiger partial charge in [0.2, 0.25) is 0 Å². The molecule has 0 bridgehead atoms. The van der Waals surface area contributed by atoms with Gasteiger partial charge >= 0.3 is 0 Å². The minimum Gasteiger partial charge on any atom is -0.308 e. The Bertz CT molecular complexity index is 279. The Kier molecular flexibility index (Phi) is 3.48. The Balaban J connectivity index is 1.79. The number of rotatable bonds is 3. The summed E-state index contributed by atoms with van der Waals surface area (Å²) in [6, 6.07) is 2.77. The lowest BCUT2D eigenvalue weighted by molar-refractivity contribution is 0.494. The number of thioether (sulfide) groups is 1. The fourth-order valence-electron chi connectivity index (χ4n) is 1.73. The van der Waals surface area contributed by atoms with Crippen LogP contribution < -0.4 is 5.32 Å². The van der Waals surface area contributed by atoms with E-state index in [9.17, 15) is 0 Å². The van der Waals surface area contributed by atoms with E-state index in [-0.39, 0.29) is 0 Å². The molecule has 0 spiro atoms. The molecule has 1 aromatic heterocycles. The third kappa shape index (κ3) is 2.51. The minimum absolute atomic E-state index is 0.698. The first-order valence-electron chi connectivity index (χ1n) is 5.14. The molecule has 78 valence electrons. The largest absolute Gasteiger partial charge is 0.308 e. The van der Waals surface area contributed by atoms with E-state index < -0.39 is 0 Å². The van der Waals surface area contributed by atoms with Gasteiger partial charge in [-0.3, -0.25) is 4.68 Å². The molecule has 1 aliphatic heterocycles. The molecule has 1 atom stereocenters.